The number of nitrogens with zero attached hydrogens (tertiary/aromatic N) is 1. The largest absolute Gasteiger partial charge is 0.305 e. The van der Waals surface area contributed by atoms with Crippen LogP contribution in [0.1, 0.15) is 51.4 Å². The fourth-order valence-electron chi connectivity index (χ4n) is 3.07. The Bertz CT molecular complexity index is 412. The Balaban J connectivity index is 1.46. The molecule has 3 aliphatic rings. The van der Waals surface area contributed by atoms with Crippen molar-refractivity contribution >= 4 is 11.8 Å². The quantitative estimate of drug-likeness (QED) is 0.606. The van der Waals surface area contributed by atoms with Crippen LogP contribution in [0.3, 0.4) is 0 Å². The number of likely N-dealkylation sites (tertiary alicyclic amines) is 1. The van der Waals surface area contributed by atoms with Gasteiger partial charge >= 0.3 is 0 Å². The predicted molar refractivity (Wildman–Crippen MR) is 72.5 cm³/mol. The first-order chi connectivity index (χ1) is 9.25. The van der Waals surface area contributed by atoms with Gasteiger partial charge < -0.3 is 5.32 Å². The summed E-state index contributed by atoms with van der Waals surface area (Å²) < 4.78 is 0. The van der Waals surface area contributed by atoms with E-state index in [9.17, 15) is 9.59 Å². The minimum Gasteiger partial charge on any atom is -0.305 e. The Kier molecular flexibility index (Phi) is 3.69. The van der Waals surface area contributed by atoms with Crippen molar-refractivity contribution in [3.63, 3.8) is 0 Å². The molecule has 1 saturated heterocycles. The van der Waals surface area contributed by atoms with Crippen LogP contribution in [0.15, 0.2) is 11.6 Å². The van der Waals surface area contributed by atoms with E-state index in [-0.39, 0.29) is 23.9 Å². The molecule has 104 valence electrons. The predicted octanol–water partition coefficient (Wildman–Crippen LogP) is 1.76. The number of amides is 2. The maximum absolute atomic E-state index is 12.1. The van der Waals surface area contributed by atoms with Gasteiger partial charge in [0, 0.05) is 6.04 Å². The van der Waals surface area contributed by atoms with Gasteiger partial charge in [-0.1, -0.05) is 11.6 Å². The number of carbonyl (C=O) groups is 2. The van der Waals surface area contributed by atoms with Gasteiger partial charge in [-0.05, 0) is 51.5 Å². The highest BCUT2D eigenvalue weighted by atomic mass is 16.2. The summed E-state index contributed by atoms with van der Waals surface area (Å²) in [6.45, 7) is 0.814. The molecule has 4 nitrogen and oxygen atoms in total. The molecule has 0 bridgehead atoms. The van der Waals surface area contributed by atoms with Gasteiger partial charge in [0.2, 0.25) is 11.8 Å². The highest BCUT2D eigenvalue weighted by Crippen LogP contribution is 2.31. The third kappa shape index (κ3) is 2.89. The Morgan fingerprint density at radius 3 is 2.79 bits per heavy atom. The molecule has 0 aromatic rings. The van der Waals surface area contributed by atoms with Crippen molar-refractivity contribution in [3.05, 3.63) is 11.6 Å². The van der Waals surface area contributed by atoms with Crippen LogP contribution in [-0.4, -0.2) is 35.3 Å². The van der Waals surface area contributed by atoms with Gasteiger partial charge in [0.1, 0.15) is 0 Å². The number of hydrogen-bond acceptors (Lipinski definition) is 3. The lowest BCUT2D eigenvalue weighted by Crippen LogP contribution is -2.40. The summed E-state index contributed by atoms with van der Waals surface area (Å²) in [5.41, 5.74) is 1.51. The summed E-state index contributed by atoms with van der Waals surface area (Å²) >= 11 is 0. The molecular formula is C15H22N2O2. The van der Waals surface area contributed by atoms with Gasteiger partial charge in [0.05, 0.1) is 12.5 Å². The van der Waals surface area contributed by atoms with E-state index in [1.54, 1.807) is 0 Å². The minimum absolute atomic E-state index is 0.00474. The average Bonchev–Trinajstić information content (AvgIpc) is 3.19. The fraction of sp³-hybridized carbons (Fsp3) is 0.733. The van der Waals surface area contributed by atoms with Crippen LogP contribution in [0.4, 0.5) is 0 Å². The van der Waals surface area contributed by atoms with Crippen molar-refractivity contribution in [2.45, 2.75) is 63.5 Å². The summed E-state index contributed by atoms with van der Waals surface area (Å²) in [5, 5.41) is 3.27. The second kappa shape index (κ2) is 5.45. The van der Waals surface area contributed by atoms with Gasteiger partial charge in [-0.2, -0.15) is 0 Å². The summed E-state index contributed by atoms with van der Waals surface area (Å²) in [7, 11) is 0. The molecule has 1 saturated carbocycles. The first kappa shape index (κ1) is 12.9. The lowest BCUT2D eigenvalue weighted by atomic mass is 9.97. The molecule has 2 amide bonds. The van der Waals surface area contributed by atoms with E-state index in [0.717, 1.165) is 25.8 Å². The van der Waals surface area contributed by atoms with E-state index < -0.39 is 0 Å². The zero-order valence-corrected chi connectivity index (χ0v) is 11.4. The highest BCUT2D eigenvalue weighted by molar-refractivity contribution is 6.06. The number of carbonyl (C=O) groups excluding carboxylic acids is 2. The van der Waals surface area contributed by atoms with E-state index in [4.69, 9.17) is 0 Å². The van der Waals surface area contributed by atoms with Crippen LogP contribution in [0.2, 0.25) is 0 Å². The van der Waals surface area contributed by atoms with Crippen molar-refractivity contribution in [2.24, 2.45) is 0 Å². The molecule has 0 aromatic carbocycles. The maximum atomic E-state index is 12.1. The molecule has 0 aromatic heterocycles. The second-order valence-electron chi connectivity index (χ2n) is 5.90. The monoisotopic (exact) mass is 262 g/mol. The van der Waals surface area contributed by atoms with E-state index in [1.807, 2.05) is 0 Å². The third-order valence-electron chi connectivity index (χ3n) is 4.32. The standard InChI is InChI=1S/C15H22N2O2/c18-14-10-13(15(19)17(14)12-6-7-12)16-9-8-11-4-2-1-3-5-11/h4,12-13,16H,1-3,5-10H2. The van der Waals surface area contributed by atoms with Crippen LogP contribution in [0.25, 0.3) is 0 Å². The number of nitrogens with one attached hydrogen (secondary N) is 1. The molecule has 1 aliphatic heterocycles. The molecule has 19 heavy (non-hydrogen) atoms. The SMILES string of the molecule is O=C1CC(NCCC2=CCCCC2)C(=O)N1C1CC1. The summed E-state index contributed by atoms with van der Waals surface area (Å²) in [6, 6.07) is -0.0508. The summed E-state index contributed by atoms with van der Waals surface area (Å²) in [6.07, 6.45) is 10.7. The van der Waals surface area contributed by atoms with E-state index in [2.05, 4.69) is 11.4 Å². The Morgan fingerprint density at radius 2 is 2.11 bits per heavy atom. The topological polar surface area (TPSA) is 49.4 Å². The van der Waals surface area contributed by atoms with Gasteiger partial charge in [-0.25, -0.2) is 0 Å². The molecule has 4 heteroatoms. The third-order valence-corrected chi connectivity index (χ3v) is 4.32. The second-order valence-corrected chi connectivity index (χ2v) is 5.90. The number of imide groups is 1. The smallest absolute Gasteiger partial charge is 0.247 e. The molecule has 3 rings (SSSR count). The molecule has 1 N–H and O–H groups in total. The molecule has 0 spiro atoms. The Labute approximate surface area is 114 Å². The minimum atomic E-state index is -0.266. The molecule has 2 aliphatic carbocycles. The molecule has 1 atom stereocenters. The van der Waals surface area contributed by atoms with Crippen LogP contribution in [-0.2, 0) is 9.59 Å². The highest BCUT2D eigenvalue weighted by Gasteiger charge is 2.45. The normalized spacial score (nSPS) is 27.9. The first-order valence-electron chi connectivity index (χ1n) is 7.53. The summed E-state index contributed by atoms with van der Waals surface area (Å²) in [5.74, 6) is 0.0204. The van der Waals surface area contributed by atoms with Crippen molar-refractivity contribution in [2.75, 3.05) is 6.54 Å². The molecule has 2 fully saturated rings. The van der Waals surface area contributed by atoms with Gasteiger partial charge in [-0.15, -0.1) is 0 Å². The fourth-order valence-corrected chi connectivity index (χ4v) is 3.07. The van der Waals surface area contributed by atoms with Crippen molar-refractivity contribution in [3.8, 4) is 0 Å². The molecule has 1 unspecified atom stereocenters. The average molecular weight is 262 g/mol. The zero-order valence-electron chi connectivity index (χ0n) is 11.4. The number of allylic oxidation sites excluding steroid dienone is 1. The van der Waals surface area contributed by atoms with Crippen LogP contribution < -0.4 is 5.32 Å². The maximum Gasteiger partial charge on any atom is 0.247 e. The van der Waals surface area contributed by atoms with Crippen LogP contribution in [0, 0.1) is 0 Å². The number of rotatable bonds is 5. The van der Waals surface area contributed by atoms with Gasteiger partial charge in [0.25, 0.3) is 0 Å². The Morgan fingerprint density at radius 1 is 1.26 bits per heavy atom. The lowest BCUT2D eigenvalue weighted by Gasteiger charge is -2.16. The molecule has 0 radical (unpaired) electrons. The van der Waals surface area contributed by atoms with E-state index >= 15 is 0 Å². The summed E-state index contributed by atoms with van der Waals surface area (Å²) in [4.78, 5) is 25.4. The van der Waals surface area contributed by atoms with Gasteiger partial charge in [0.15, 0.2) is 0 Å². The van der Waals surface area contributed by atoms with Gasteiger partial charge in [-0.3, -0.25) is 14.5 Å². The first-order valence-corrected chi connectivity index (χ1v) is 7.53. The van der Waals surface area contributed by atoms with Crippen molar-refractivity contribution in [1.82, 2.24) is 10.2 Å². The van der Waals surface area contributed by atoms with E-state index in [0.29, 0.717) is 6.42 Å². The zero-order chi connectivity index (χ0) is 13.2. The van der Waals surface area contributed by atoms with E-state index in [1.165, 1.54) is 36.2 Å². The molecular weight excluding hydrogens is 240 g/mol. The lowest BCUT2D eigenvalue weighted by molar-refractivity contribution is -0.139. The number of hydrogen-bond donors (Lipinski definition) is 1. The van der Waals surface area contributed by atoms with Crippen molar-refractivity contribution in [1.29, 1.82) is 0 Å². The Hall–Kier alpha value is -1.16. The van der Waals surface area contributed by atoms with Crippen LogP contribution in [0.5, 0.6) is 0 Å². The van der Waals surface area contributed by atoms with Crippen molar-refractivity contribution < 1.29 is 9.59 Å². The molecule has 1 heterocycles. The van der Waals surface area contributed by atoms with Crippen LogP contribution >= 0.6 is 0 Å².